The van der Waals surface area contributed by atoms with Crippen molar-refractivity contribution in [3.05, 3.63) is 0 Å². The van der Waals surface area contributed by atoms with Gasteiger partial charge in [0.2, 0.25) is 0 Å². The molecule has 0 amide bonds. The van der Waals surface area contributed by atoms with Gasteiger partial charge in [-0.1, -0.05) is 20.3 Å². The molecule has 0 aliphatic heterocycles. The second-order valence-corrected chi connectivity index (χ2v) is 4.47. The van der Waals surface area contributed by atoms with E-state index in [9.17, 15) is 0 Å². The molecule has 5 heteroatoms. The van der Waals surface area contributed by atoms with Crippen molar-refractivity contribution < 1.29 is 9.57 Å². The SMILES string of the molecule is CCCC(N)COC(C)(CC)C(N)CON. The Kier molecular flexibility index (Phi) is 7.87. The molecule has 0 saturated heterocycles. The maximum Gasteiger partial charge on any atom is 0.0858 e. The highest BCUT2D eigenvalue weighted by Gasteiger charge is 2.31. The van der Waals surface area contributed by atoms with E-state index in [1.54, 1.807) is 0 Å². The van der Waals surface area contributed by atoms with Crippen LogP contribution in [0.3, 0.4) is 0 Å². The molecule has 3 unspecified atom stereocenters. The van der Waals surface area contributed by atoms with Crippen molar-refractivity contribution in [1.82, 2.24) is 0 Å². The molecule has 0 bridgehead atoms. The lowest BCUT2D eigenvalue weighted by molar-refractivity contribution is -0.0752. The van der Waals surface area contributed by atoms with Gasteiger partial charge in [0.25, 0.3) is 0 Å². The standard InChI is InChI=1S/C11H27N3O2/c1-4-6-9(12)7-15-11(3,5-2)10(13)8-16-14/h9-10H,4-8,12-14H2,1-3H3. The number of nitrogens with two attached hydrogens (primary N) is 3. The quantitative estimate of drug-likeness (QED) is 0.504. The van der Waals surface area contributed by atoms with Gasteiger partial charge >= 0.3 is 0 Å². The van der Waals surface area contributed by atoms with E-state index in [1.807, 2.05) is 13.8 Å². The summed E-state index contributed by atoms with van der Waals surface area (Å²) in [5, 5.41) is 0. The summed E-state index contributed by atoms with van der Waals surface area (Å²) < 4.78 is 5.82. The summed E-state index contributed by atoms with van der Waals surface area (Å²) in [6.45, 7) is 6.91. The molecule has 0 radical (unpaired) electrons. The number of hydrogen-bond donors (Lipinski definition) is 3. The highest BCUT2D eigenvalue weighted by atomic mass is 16.6. The van der Waals surface area contributed by atoms with Gasteiger partial charge in [0, 0.05) is 6.04 Å². The molecule has 0 aliphatic carbocycles. The Labute approximate surface area is 98.6 Å². The summed E-state index contributed by atoms with van der Waals surface area (Å²) in [5.74, 6) is 5.02. The van der Waals surface area contributed by atoms with Crippen molar-refractivity contribution >= 4 is 0 Å². The van der Waals surface area contributed by atoms with Crippen molar-refractivity contribution in [2.75, 3.05) is 13.2 Å². The van der Waals surface area contributed by atoms with E-state index in [0.717, 1.165) is 19.3 Å². The zero-order valence-corrected chi connectivity index (χ0v) is 10.7. The van der Waals surface area contributed by atoms with E-state index in [-0.39, 0.29) is 18.7 Å². The first-order valence-electron chi connectivity index (χ1n) is 5.97. The van der Waals surface area contributed by atoms with Crippen LogP contribution in [0.15, 0.2) is 0 Å². The van der Waals surface area contributed by atoms with Gasteiger partial charge in [-0.3, -0.25) is 0 Å². The predicted molar refractivity (Wildman–Crippen MR) is 65.6 cm³/mol. The zero-order valence-electron chi connectivity index (χ0n) is 10.7. The summed E-state index contributed by atoms with van der Waals surface area (Å²) >= 11 is 0. The molecule has 3 atom stereocenters. The number of hydrogen-bond acceptors (Lipinski definition) is 5. The highest BCUT2D eigenvalue weighted by Crippen LogP contribution is 2.19. The summed E-state index contributed by atoms with van der Waals surface area (Å²) in [5.41, 5.74) is 11.4. The van der Waals surface area contributed by atoms with Crippen LogP contribution in [0.4, 0.5) is 0 Å². The van der Waals surface area contributed by atoms with E-state index in [2.05, 4.69) is 11.8 Å². The molecule has 0 aromatic heterocycles. The second kappa shape index (κ2) is 7.97. The first kappa shape index (κ1) is 15.8. The van der Waals surface area contributed by atoms with Gasteiger partial charge in [0.1, 0.15) is 0 Å². The van der Waals surface area contributed by atoms with Crippen molar-refractivity contribution in [1.29, 1.82) is 0 Å². The van der Waals surface area contributed by atoms with Gasteiger partial charge in [-0.25, -0.2) is 5.90 Å². The Morgan fingerprint density at radius 3 is 2.25 bits per heavy atom. The Hall–Kier alpha value is -0.200. The first-order chi connectivity index (χ1) is 7.50. The summed E-state index contributed by atoms with van der Waals surface area (Å²) in [7, 11) is 0. The molecule has 0 spiro atoms. The zero-order chi connectivity index (χ0) is 12.6. The third-order valence-electron chi connectivity index (χ3n) is 3.05. The molecule has 0 aromatic rings. The maximum atomic E-state index is 5.96. The molecule has 0 saturated carbocycles. The highest BCUT2D eigenvalue weighted by molar-refractivity contribution is 4.86. The molecule has 0 aromatic carbocycles. The van der Waals surface area contributed by atoms with Crippen molar-refractivity contribution in [2.45, 2.75) is 57.7 Å². The number of rotatable bonds is 9. The Morgan fingerprint density at radius 1 is 1.19 bits per heavy atom. The van der Waals surface area contributed by atoms with E-state index in [0.29, 0.717) is 6.61 Å². The van der Waals surface area contributed by atoms with Gasteiger partial charge in [-0.15, -0.1) is 0 Å². The molecule has 0 heterocycles. The van der Waals surface area contributed by atoms with Crippen molar-refractivity contribution in [3.8, 4) is 0 Å². The van der Waals surface area contributed by atoms with Crippen molar-refractivity contribution in [2.24, 2.45) is 17.4 Å². The summed E-state index contributed by atoms with van der Waals surface area (Å²) in [6, 6.07) is -0.168. The lowest BCUT2D eigenvalue weighted by Crippen LogP contribution is -2.52. The van der Waals surface area contributed by atoms with E-state index < -0.39 is 5.60 Å². The van der Waals surface area contributed by atoms with Crippen LogP contribution >= 0.6 is 0 Å². The summed E-state index contributed by atoms with van der Waals surface area (Å²) in [4.78, 5) is 4.57. The fraction of sp³-hybridized carbons (Fsp3) is 1.00. The maximum absolute atomic E-state index is 5.96. The van der Waals surface area contributed by atoms with Crippen LogP contribution < -0.4 is 17.4 Å². The van der Waals surface area contributed by atoms with Crippen molar-refractivity contribution in [3.63, 3.8) is 0 Å². The van der Waals surface area contributed by atoms with Gasteiger partial charge in [-0.05, 0) is 19.8 Å². The Bertz CT molecular complexity index is 181. The van der Waals surface area contributed by atoms with Crippen LogP contribution in [-0.2, 0) is 9.57 Å². The fourth-order valence-corrected chi connectivity index (χ4v) is 1.50. The molecule has 5 nitrogen and oxygen atoms in total. The smallest absolute Gasteiger partial charge is 0.0858 e. The molecule has 0 aliphatic rings. The molecule has 0 fully saturated rings. The van der Waals surface area contributed by atoms with E-state index in [1.165, 1.54) is 0 Å². The Balaban J connectivity index is 4.14. The minimum absolute atomic E-state index is 0.0712. The van der Waals surface area contributed by atoms with Crippen LogP contribution in [0.25, 0.3) is 0 Å². The lowest BCUT2D eigenvalue weighted by atomic mass is 9.94. The Morgan fingerprint density at radius 2 is 1.81 bits per heavy atom. The first-order valence-corrected chi connectivity index (χ1v) is 5.97. The van der Waals surface area contributed by atoms with Crippen LogP contribution in [-0.4, -0.2) is 30.9 Å². The largest absolute Gasteiger partial charge is 0.372 e. The van der Waals surface area contributed by atoms with Gasteiger partial charge < -0.3 is 21.0 Å². The summed E-state index contributed by atoms with van der Waals surface area (Å²) in [6.07, 6.45) is 2.82. The molecular weight excluding hydrogens is 206 g/mol. The van der Waals surface area contributed by atoms with Crippen LogP contribution in [0.5, 0.6) is 0 Å². The molecule has 6 N–H and O–H groups in total. The molecule has 98 valence electrons. The lowest BCUT2D eigenvalue weighted by Gasteiger charge is -2.35. The van der Waals surface area contributed by atoms with E-state index >= 15 is 0 Å². The van der Waals surface area contributed by atoms with Gasteiger partial charge in [0.15, 0.2) is 0 Å². The van der Waals surface area contributed by atoms with Crippen LogP contribution in [0.2, 0.25) is 0 Å². The normalized spacial score (nSPS) is 19.1. The average molecular weight is 233 g/mol. The average Bonchev–Trinajstić information content (AvgIpc) is 2.26. The van der Waals surface area contributed by atoms with Gasteiger partial charge in [0.05, 0.1) is 24.9 Å². The number of ether oxygens (including phenoxy) is 1. The molecule has 16 heavy (non-hydrogen) atoms. The van der Waals surface area contributed by atoms with Crippen LogP contribution in [0.1, 0.15) is 40.0 Å². The minimum Gasteiger partial charge on any atom is -0.372 e. The molecule has 0 rings (SSSR count). The third kappa shape index (κ3) is 5.23. The predicted octanol–water partition coefficient (Wildman–Crippen LogP) is 0.517. The third-order valence-corrected chi connectivity index (χ3v) is 3.05. The fourth-order valence-electron chi connectivity index (χ4n) is 1.50. The minimum atomic E-state index is -0.426. The van der Waals surface area contributed by atoms with Gasteiger partial charge in [-0.2, -0.15) is 0 Å². The topological polar surface area (TPSA) is 96.5 Å². The molecular formula is C11H27N3O2. The second-order valence-electron chi connectivity index (χ2n) is 4.47. The van der Waals surface area contributed by atoms with E-state index in [4.69, 9.17) is 22.1 Å². The van der Waals surface area contributed by atoms with Crippen LogP contribution in [0, 0.1) is 0 Å². The monoisotopic (exact) mass is 233 g/mol.